The standard InChI is InChI=1S/C12H16Cl2N2/c1-9(16-6-4-15-5-7-16)10-2-3-11(13)12(14)8-10/h2-3,8-9,15H,4-7H2,1H3. The molecule has 2 nitrogen and oxygen atoms in total. The number of hydrogen-bond acceptors (Lipinski definition) is 2. The summed E-state index contributed by atoms with van der Waals surface area (Å²) in [6, 6.07) is 6.30. The van der Waals surface area contributed by atoms with E-state index in [9.17, 15) is 0 Å². The van der Waals surface area contributed by atoms with Gasteiger partial charge in [0.1, 0.15) is 0 Å². The summed E-state index contributed by atoms with van der Waals surface area (Å²) in [6.45, 7) is 6.50. The third-order valence-corrected chi connectivity index (χ3v) is 3.86. The van der Waals surface area contributed by atoms with Crippen LogP contribution in [0.3, 0.4) is 0 Å². The van der Waals surface area contributed by atoms with Crippen molar-refractivity contribution in [3.8, 4) is 0 Å². The fourth-order valence-corrected chi connectivity index (χ4v) is 2.36. The van der Waals surface area contributed by atoms with Gasteiger partial charge in [-0.1, -0.05) is 29.3 Å². The molecule has 1 aliphatic heterocycles. The molecule has 0 aromatic heterocycles. The normalized spacial score (nSPS) is 19.7. The number of halogens is 2. The summed E-state index contributed by atoms with van der Waals surface area (Å²) in [5.74, 6) is 0. The molecule has 2 rings (SSSR count). The van der Waals surface area contributed by atoms with Gasteiger partial charge in [0, 0.05) is 32.2 Å². The third-order valence-electron chi connectivity index (χ3n) is 3.13. The van der Waals surface area contributed by atoms with Crippen molar-refractivity contribution < 1.29 is 0 Å². The van der Waals surface area contributed by atoms with Crippen molar-refractivity contribution in [3.05, 3.63) is 33.8 Å². The number of rotatable bonds is 2. The Morgan fingerprint density at radius 1 is 1.19 bits per heavy atom. The number of nitrogens with one attached hydrogen (secondary N) is 1. The molecule has 16 heavy (non-hydrogen) atoms. The first kappa shape index (κ1) is 12.2. The molecule has 88 valence electrons. The van der Waals surface area contributed by atoms with E-state index in [-0.39, 0.29) is 0 Å². The highest BCUT2D eigenvalue weighted by molar-refractivity contribution is 6.42. The lowest BCUT2D eigenvalue weighted by Gasteiger charge is -2.33. The highest BCUT2D eigenvalue weighted by atomic mass is 35.5. The van der Waals surface area contributed by atoms with Crippen LogP contribution in [0.25, 0.3) is 0 Å². The second-order valence-corrected chi connectivity index (χ2v) is 4.95. The molecule has 0 amide bonds. The van der Waals surface area contributed by atoms with Crippen molar-refractivity contribution in [3.63, 3.8) is 0 Å². The number of nitrogens with zero attached hydrogens (tertiary/aromatic N) is 1. The van der Waals surface area contributed by atoms with Gasteiger partial charge in [-0.3, -0.25) is 4.90 Å². The Kier molecular flexibility index (Phi) is 4.09. The molecule has 1 heterocycles. The van der Waals surface area contributed by atoms with E-state index in [0.717, 1.165) is 26.2 Å². The van der Waals surface area contributed by atoms with Gasteiger partial charge in [-0.2, -0.15) is 0 Å². The quantitative estimate of drug-likeness (QED) is 0.878. The van der Waals surface area contributed by atoms with Crippen LogP contribution in [0.2, 0.25) is 10.0 Å². The van der Waals surface area contributed by atoms with Gasteiger partial charge in [-0.15, -0.1) is 0 Å². The average molecular weight is 259 g/mol. The van der Waals surface area contributed by atoms with E-state index in [2.05, 4.69) is 23.2 Å². The lowest BCUT2D eigenvalue weighted by atomic mass is 10.1. The minimum atomic E-state index is 0.400. The van der Waals surface area contributed by atoms with E-state index >= 15 is 0 Å². The van der Waals surface area contributed by atoms with Crippen molar-refractivity contribution in [2.24, 2.45) is 0 Å². The molecule has 0 saturated carbocycles. The predicted octanol–water partition coefficient (Wildman–Crippen LogP) is 2.96. The molecule has 1 unspecified atom stereocenters. The van der Waals surface area contributed by atoms with Crippen LogP contribution in [0.1, 0.15) is 18.5 Å². The van der Waals surface area contributed by atoms with Crippen molar-refractivity contribution in [1.82, 2.24) is 10.2 Å². The number of benzene rings is 1. The van der Waals surface area contributed by atoms with Crippen molar-refractivity contribution in [2.45, 2.75) is 13.0 Å². The van der Waals surface area contributed by atoms with Crippen molar-refractivity contribution in [2.75, 3.05) is 26.2 Å². The summed E-state index contributed by atoms with van der Waals surface area (Å²) in [5.41, 5.74) is 1.23. The zero-order valence-electron chi connectivity index (χ0n) is 9.34. The minimum absolute atomic E-state index is 0.400. The zero-order valence-corrected chi connectivity index (χ0v) is 10.9. The van der Waals surface area contributed by atoms with Crippen LogP contribution in [-0.4, -0.2) is 31.1 Å². The van der Waals surface area contributed by atoms with Gasteiger partial charge in [-0.05, 0) is 24.6 Å². The van der Waals surface area contributed by atoms with Gasteiger partial charge in [0.2, 0.25) is 0 Å². The maximum absolute atomic E-state index is 6.03. The monoisotopic (exact) mass is 258 g/mol. The Hall–Kier alpha value is -0.280. The molecule has 4 heteroatoms. The van der Waals surface area contributed by atoms with Gasteiger partial charge in [0.15, 0.2) is 0 Å². The first-order valence-electron chi connectivity index (χ1n) is 5.58. The predicted molar refractivity (Wildman–Crippen MR) is 69.3 cm³/mol. The summed E-state index contributed by atoms with van der Waals surface area (Å²) >= 11 is 11.9. The molecular formula is C12H16Cl2N2. The molecule has 0 spiro atoms. The van der Waals surface area contributed by atoms with Gasteiger partial charge in [-0.25, -0.2) is 0 Å². The Labute approximate surface area is 107 Å². The maximum Gasteiger partial charge on any atom is 0.0595 e. The van der Waals surface area contributed by atoms with Gasteiger partial charge < -0.3 is 5.32 Å². The van der Waals surface area contributed by atoms with E-state index < -0.39 is 0 Å². The fraction of sp³-hybridized carbons (Fsp3) is 0.500. The van der Waals surface area contributed by atoms with Crippen LogP contribution in [-0.2, 0) is 0 Å². The van der Waals surface area contributed by atoms with Crippen LogP contribution >= 0.6 is 23.2 Å². The first-order valence-corrected chi connectivity index (χ1v) is 6.34. The van der Waals surface area contributed by atoms with Crippen molar-refractivity contribution >= 4 is 23.2 Å². The second-order valence-electron chi connectivity index (χ2n) is 4.14. The molecule has 1 aliphatic rings. The Balaban J connectivity index is 2.12. The molecule has 1 aromatic rings. The topological polar surface area (TPSA) is 15.3 Å². The molecule has 1 atom stereocenters. The van der Waals surface area contributed by atoms with E-state index in [4.69, 9.17) is 23.2 Å². The Morgan fingerprint density at radius 2 is 1.88 bits per heavy atom. The van der Waals surface area contributed by atoms with Crippen molar-refractivity contribution in [1.29, 1.82) is 0 Å². The van der Waals surface area contributed by atoms with Crippen LogP contribution in [0.15, 0.2) is 18.2 Å². The van der Waals surface area contributed by atoms with Gasteiger partial charge in [0.05, 0.1) is 10.0 Å². The van der Waals surface area contributed by atoms with Crippen LogP contribution < -0.4 is 5.32 Å². The summed E-state index contributed by atoms with van der Waals surface area (Å²) in [6.07, 6.45) is 0. The number of hydrogen-bond donors (Lipinski definition) is 1. The summed E-state index contributed by atoms with van der Waals surface area (Å²) in [5, 5.41) is 4.62. The third kappa shape index (κ3) is 2.69. The SMILES string of the molecule is CC(c1ccc(Cl)c(Cl)c1)N1CCNCC1. The second kappa shape index (κ2) is 5.37. The molecular weight excluding hydrogens is 243 g/mol. The minimum Gasteiger partial charge on any atom is -0.314 e. The molecule has 0 bridgehead atoms. The molecule has 0 aliphatic carbocycles. The summed E-state index contributed by atoms with van der Waals surface area (Å²) < 4.78 is 0. The highest BCUT2D eigenvalue weighted by Gasteiger charge is 2.18. The molecule has 1 fully saturated rings. The highest BCUT2D eigenvalue weighted by Crippen LogP contribution is 2.28. The maximum atomic E-state index is 6.03. The molecule has 0 radical (unpaired) electrons. The Bertz CT molecular complexity index is 362. The largest absolute Gasteiger partial charge is 0.314 e. The van der Waals surface area contributed by atoms with Crippen LogP contribution in [0, 0.1) is 0 Å². The van der Waals surface area contributed by atoms with E-state index in [1.54, 1.807) is 0 Å². The lowest BCUT2D eigenvalue weighted by molar-refractivity contribution is 0.185. The Morgan fingerprint density at radius 3 is 2.50 bits per heavy atom. The first-order chi connectivity index (χ1) is 7.68. The average Bonchev–Trinajstić information content (AvgIpc) is 2.33. The van der Waals surface area contributed by atoms with Crippen LogP contribution in [0.4, 0.5) is 0 Å². The number of piperazine rings is 1. The molecule has 1 saturated heterocycles. The summed E-state index contributed by atoms with van der Waals surface area (Å²) in [4.78, 5) is 2.45. The van der Waals surface area contributed by atoms with E-state index in [0.29, 0.717) is 16.1 Å². The molecule has 1 N–H and O–H groups in total. The van der Waals surface area contributed by atoms with Gasteiger partial charge in [0.25, 0.3) is 0 Å². The smallest absolute Gasteiger partial charge is 0.0595 e. The molecule has 1 aromatic carbocycles. The fourth-order valence-electron chi connectivity index (χ4n) is 2.05. The van der Waals surface area contributed by atoms with Crippen LogP contribution in [0.5, 0.6) is 0 Å². The summed E-state index contributed by atoms with van der Waals surface area (Å²) in [7, 11) is 0. The van der Waals surface area contributed by atoms with E-state index in [1.807, 2.05) is 12.1 Å². The lowest BCUT2D eigenvalue weighted by Crippen LogP contribution is -2.44. The van der Waals surface area contributed by atoms with E-state index in [1.165, 1.54) is 5.56 Å². The zero-order chi connectivity index (χ0) is 11.5. The van der Waals surface area contributed by atoms with Gasteiger partial charge >= 0.3 is 0 Å².